The number of ether oxygens (including phenoxy) is 1. The number of morpholine rings is 1. The average molecular weight is 543 g/mol. The van der Waals surface area contributed by atoms with E-state index in [1.165, 1.54) is 6.07 Å². The molecule has 13 heteroatoms. The Labute approximate surface area is 223 Å². The Balaban J connectivity index is 1.50. The van der Waals surface area contributed by atoms with Crippen LogP contribution in [0.25, 0.3) is 11.4 Å². The molecule has 1 atom stereocenters. The average Bonchev–Trinajstić information content (AvgIpc) is 2.92. The van der Waals surface area contributed by atoms with Gasteiger partial charge in [-0.05, 0) is 50.6 Å². The molecule has 1 saturated heterocycles. The van der Waals surface area contributed by atoms with Crippen LogP contribution in [-0.2, 0) is 23.9 Å². The van der Waals surface area contributed by atoms with Gasteiger partial charge in [-0.25, -0.2) is 24.7 Å². The fourth-order valence-electron chi connectivity index (χ4n) is 4.72. The van der Waals surface area contributed by atoms with Crippen molar-refractivity contribution < 1.29 is 22.7 Å². The van der Waals surface area contributed by atoms with Crippen molar-refractivity contribution in [1.82, 2.24) is 25.3 Å². The summed E-state index contributed by atoms with van der Waals surface area (Å²) in [6.45, 7) is 6.99. The maximum atomic E-state index is 13.2. The number of carbonyl (C=O) groups is 1. The normalized spacial score (nSPS) is 17.5. The van der Waals surface area contributed by atoms with E-state index in [2.05, 4.69) is 32.4 Å². The van der Waals surface area contributed by atoms with Crippen LogP contribution in [-0.4, -0.2) is 64.9 Å². The van der Waals surface area contributed by atoms with E-state index in [-0.39, 0.29) is 24.4 Å². The molecule has 0 bridgehead atoms. The number of alkyl halides is 3. The second kappa shape index (κ2) is 11.0. The van der Waals surface area contributed by atoms with Gasteiger partial charge in [0.2, 0.25) is 5.82 Å². The second-order valence-electron chi connectivity index (χ2n) is 9.38. The standard InChI is InChI=1S/C26H29F3N8O2/c1-3-30-25(38)32-18-6-4-17(5-7-18)22-33-20-14-36(21-8-10-31-24(34-21)26(27,28)29)11-9-19(20)23(35-22)37-12-13-39-15-16(37)2/h4-8,10,16H,3,9,11-15H2,1-2H3,(H2,30,32,38)/t16-/m0/s1. The highest BCUT2D eigenvalue weighted by molar-refractivity contribution is 5.89. The number of halogens is 3. The van der Waals surface area contributed by atoms with Crippen molar-refractivity contribution >= 4 is 23.4 Å². The summed E-state index contributed by atoms with van der Waals surface area (Å²) in [5.74, 6) is 0.338. The molecule has 3 aromatic rings. The van der Waals surface area contributed by atoms with E-state index in [1.807, 2.05) is 19.1 Å². The van der Waals surface area contributed by atoms with E-state index < -0.39 is 12.0 Å². The summed E-state index contributed by atoms with van der Waals surface area (Å²) in [4.78, 5) is 32.8. The molecule has 0 unspecified atom stereocenters. The molecule has 4 heterocycles. The van der Waals surface area contributed by atoms with E-state index in [4.69, 9.17) is 14.7 Å². The molecular weight excluding hydrogens is 513 g/mol. The zero-order chi connectivity index (χ0) is 27.6. The van der Waals surface area contributed by atoms with Crippen LogP contribution in [0.15, 0.2) is 36.5 Å². The molecule has 2 aliphatic rings. The van der Waals surface area contributed by atoms with Crippen molar-refractivity contribution in [3.8, 4) is 11.4 Å². The molecule has 0 radical (unpaired) electrons. The number of benzene rings is 1. The zero-order valence-corrected chi connectivity index (χ0v) is 21.6. The van der Waals surface area contributed by atoms with Crippen molar-refractivity contribution in [3.63, 3.8) is 0 Å². The number of nitrogens with zero attached hydrogens (tertiary/aromatic N) is 6. The smallest absolute Gasteiger partial charge is 0.377 e. The first-order valence-corrected chi connectivity index (χ1v) is 12.8. The van der Waals surface area contributed by atoms with E-state index in [0.717, 1.165) is 28.8 Å². The predicted molar refractivity (Wildman–Crippen MR) is 140 cm³/mol. The third-order valence-electron chi connectivity index (χ3n) is 6.64. The van der Waals surface area contributed by atoms with Gasteiger partial charge in [0.25, 0.3) is 0 Å². The molecule has 206 valence electrons. The largest absolute Gasteiger partial charge is 0.451 e. The van der Waals surface area contributed by atoms with Gasteiger partial charge in [0.05, 0.1) is 31.5 Å². The topological polar surface area (TPSA) is 108 Å². The van der Waals surface area contributed by atoms with Crippen LogP contribution in [0.5, 0.6) is 0 Å². The van der Waals surface area contributed by atoms with Gasteiger partial charge in [0.1, 0.15) is 11.6 Å². The van der Waals surface area contributed by atoms with Crippen LogP contribution in [0.1, 0.15) is 30.9 Å². The molecule has 2 aromatic heterocycles. The number of hydrogen-bond donors (Lipinski definition) is 2. The summed E-state index contributed by atoms with van der Waals surface area (Å²) in [6.07, 6.45) is -2.95. The molecule has 5 rings (SSSR count). The van der Waals surface area contributed by atoms with Crippen LogP contribution in [0.3, 0.4) is 0 Å². The summed E-state index contributed by atoms with van der Waals surface area (Å²) < 4.78 is 45.4. The van der Waals surface area contributed by atoms with E-state index in [9.17, 15) is 18.0 Å². The van der Waals surface area contributed by atoms with Gasteiger partial charge in [-0.15, -0.1) is 0 Å². The maximum absolute atomic E-state index is 13.2. The Hall–Kier alpha value is -4.00. The van der Waals surface area contributed by atoms with E-state index in [1.54, 1.807) is 17.0 Å². The van der Waals surface area contributed by atoms with Gasteiger partial charge in [-0.2, -0.15) is 13.2 Å². The highest BCUT2D eigenvalue weighted by Crippen LogP contribution is 2.34. The summed E-state index contributed by atoms with van der Waals surface area (Å²) in [5, 5.41) is 5.45. The quantitative estimate of drug-likeness (QED) is 0.500. The van der Waals surface area contributed by atoms with Crippen LogP contribution in [0.4, 0.5) is 35.3 Å². The lowest BCUT2D eigenvalue weighted by atomic mass is 10.0. The molecule has 0 saturated carbocycles. The van der Waals surface area contributed by atoms with Gasteiger partial charge in [0, 0.05) is 42.6 Å². The lowest BCUT2D eigenvalue weighted by molar-refractivity contribution is -0.144. The maximum Gasteiger partial charge on any atom is 0.451 e. The molecule has 2 N–H and O–H groups in total. The second-order valence-corrected chi connectivity index (χ2v) is 9.38. The van der Waals surface area contributed by atoms with Crippen LogP contribution in [0, 0.1) is 0 Å². The Morgan fingerprint density at radius 2 is 1.92 bits per heavy atom. The lowest BCUT2D eigenvalue weighted by Gasteiger charge is -2.38. The number of nitrogens with one attached hydrogen (secondary N) is 2. The zero-order valence-electron chi connectivity index (χ0n) is 21.6. The molecule has 2 amide bonds. The van der Waals surface area contributed by atoms with Crippen LogP contribution in [0.2, 0.25) is 0 Å². The molecule has 0 spiro atoms. The first kappa shape index (κ1) is 26.6. The fraction of sp³-hybridized carbons (Fsp3) is 0.423. The van der Waals surface area contributed by atoms with Gasteiger partial charge in [0.15, 0.2) is 5.82 Å². The number of carbonyl (C=O) groups excluding carboxylic acids is 1. The number of anilines is 3. The molecule has 2 aliphatic heterocycles. The predicted octanol–water partition coefficient (Wildman–Crippen LogP) is 3.88. The molecule has 39 heavy (non-hydrogen) atoms. The first-order valence-electron chi connectivity index (χ1n) is 12.8. The number of fused-ring (bicyclic) bond motifs is 1. The molecule has 0 aliphatic carbocycles. The molecule has 1 aromatic carbocycles. The summed E-state index contributed by atoms with van der Waals surface area (Å²) >= 11 is 0. The summed E-state index contributed by atoms with van der Waals surface area (Å²) in [5.41, 5.74) is 3.08. The minimum absolute atomic E-state index is 0.100. The minimum atomic E-state index is -4.63. The van der Waals surface area contributed by atoms with Gasteiger partial charge in [-0.3, -0.25) is 0 Å². The van der Waals surface area contributed by atoms with Crippen molar-refractivity contribution in [2.45, 2.75) is 39.0 Å². The first-order chi connectivity index (χ1) is 18.7. The van der Waals surface area contributed by atoms with Crippen molar-refractivity contribution in [2.24, 2.45) is 0 Å². The number of urea groups is 1. The Morgan fingerprint density at radius 3 is 2.64 bits per heavy atom. The van der Waals surface area contributed by atoms with Crippen LogP contribution < -0.4 is 20.4 Å². The monoisotopic (exact) mass is 542 g/mol. The van der Waals surface area contributed by atoms with Gasteiger partial charge >= 0.3 is 12.2 Å². The van der Waals surface area contributed by atoms with E-state index >= 15 is 0 Å². The van der Waals surface area contributed by atoms with Gasteiger partial charge < -0.3 is 25.2 Å². The number of rotatable bonds is 5. The molecular formula is C26H29F3N8O2. The van der Waals surface area contributed by atoms with Gasteiger partial charge in [-0.1, -0.05) is 0 Å². The van der Waals surface area contributed by atoms with Crippen LogP contribution >= 0.6 is 0 Å². The number of hydrogen-bond acceptors (Lipinski definition) is 8. The highest BCUT2D eigenvalue weighted by Gasteiger charge is 2.36. The Bertz CT molecular complexity index is 1340. The third kappa shape index (κ3) is 5.87. The third-order valence-corrected chi connectivity index (χ3v) is 6.64. The molecule has 1 fully saturated rings. The van der Waals surface area contributed by atoms with Crippen molar-refractivity contribution in [1.29, 1.82) is 0 Å². The van der Waals surface area contributed by atoms with E-state index in [0.29, 0.717) is 50.8 Å². The van der Waals surface area contributed by atoms with Crippen molar-refractivity contribution in [2.75, 3.05) is 48.0 Å². The number of amides is 2. The summed E-state index contributed by atoms with van der Waals surface area (Å²) in [7, 11) is 0. The minimum Gasteiger partial charge on any atom is -0.377 e. The SMILES string of the molecule is CCNC(=O)Nc1ccc(-c2nc3c(c(N4CCOC[C@@H]4C)n2)CCN(c2ccnc(C(F)(F)F)n2)C3)cc1. The number of aromatic nitrogens is 4. The molecule has 10 nitrogen and oxygen atoms in total. The highest BCUT2D eigenvalue weighted by atomic mass is 19.4. The fourth-order valence-corrected chi connectivity index (χ4v) is 4.72. The Morgan fingerprint density at radius 1 is 1.13 bits per heavy atom. The van der Waals surface area contributed by atoms with Crippen molar-refractivity contribution in [3.05, 3.63) is 53.6 Å². The summed E-state index contributed by atoms with van der Waals surface area (Å²) in [6, 6.07) is 8.49. The Kier molecular flexibility index (Phi) is 7.51. The lowest BCUT2D eigenvalue weighted by Crippen LogP contribution is -2.45.